The summed E-state index contributed by atoms with van der Waals surface area (Å²) >= 11 is 1.48. The highest BCUT2D eigenvalue weighted by atomic mass is 32.2. The highest BCUT2D eigenvalue weighted by molar-refractivity contribution is 7.98. The molecule has 1 aliphatic rings. The number of carbonyl (C=O) groups is 1. The average molecular weight is 545 g/mol. The molecule has 1 amide bonds. The largest absolute Gasteiger partial charge is 0.497 e. The van der Waals surface area contributed by atoms with E-state index >= 15 is 0 Å². The van der Waals surface area contributed by atoms with Gasteiger partial charge in [-0.2, -0.15) is 0 Å². The Labute approximate surface area is 221 Å². The minimum Gasteiger partial charge on any atom is -0.497 e. The lowest BCUT2D eigenvalue weighted by Gasteiger charge is -2.38. The van der Waals surface area contributed by atoms with Gasteiger partial charge in [-0.1, -0.05) is 6.07 Å². The quantitative estimate of drug-likeness (QED) is 0.394. The number of nitrogens with zero attached hydrogens (tertiary/aromatic N) is 1. The van der Waals surface area contributed by atoms with Crippen molar-refractivity contribution < 1.29 is 27.1 Å². The molecule has 10 heteroatoms. The van der Waals surface area contributed by atoms with E-state index in [9.17, 15) is 17.6 Å². The first-order valence-electron chi connectivity index (χ1n) is 11.6. The molecule has 0 spiro atoms. The zero-order chi connectivity index (χ0) is 26.8. The lowest BCUT2D eigenvalue weighted by molar-refractivity contribution is -0.120. The minimum absolute atomic E-state index is 0.00648. The average Bonchev–Trinajstić information content (AvgIpc) is 2.86. The molecule has 196 valence electrons. The molecule has 4 rings (SSSR count). The molecule has 7 nitrogen and oxygen atoms in total. The normalized spacial score (nSPS) is 16.3. The number of rotatable bonds is 8. The van der Waals surface area contributed by atoms with Crippen LogP contribution in [0, 0.1) is 5.82 Å². The Morgan fingerprint density at radius 2 is 1.89 bits per heavy atom. The van der Waals surface area contributed by atoms with Crippen LogP contribution in [0.2, 0.25) is 0 Å². The van der Waals surface area contributed by atoms with Crippen LogP contribution in [0.5, 0.6) is 11.5 Å². The lowest BCUT2D eigenvalue weighted by Crippen LogP contribution is -2.45. The maximum atomic E-state index is 14.1. The molecule has 1 aliphatic heterocycles. The number of ether oxygens (including phenoxy) is 2. The van der Waals surface area contributed by atoms with Crippen LogP contribution in [0.1, 0.15) is 31.9 Å². The topological polar surface area (TPSA) is 84.9 Å². The van der Waals surface area contributed by atoms with E-state index in [2.05, 4.69) is 5.32 Å². The number of hydrogen-bond donors (Lipinski definition) is 1. The highest BCUT2D eigenvalue weighted by Crippen LogP contribution is 2.41. The van der Waals surface area contributed by atoms with Gasteiger partial charge in [-0.25, -0.2) is 12.8 Å². The highest BCUT2D eigenvalue weighted by Gasteiger charge is 2.36. The van der Waals surface area contributed by atoms with Gasteiger partial charge in [0.05, 0.1) is 23.7 Å². The molecule has 0 saturated carbocycles. The van der Waals surface area contributed by atoms with Crippen LogP contribution in [0.3, 0.4) is 0 Å². The molecule has 1 unspecified atom stereocenters. The summed E-state index contributed by atoms with van der Waals surface area (Å²) in [5.74, 6) is 0.0738. The number of thioether (sulfide) groups is 1. The Balaban J connectivity index is 1.65. The van der Waals surface area contributed by atoms with Crippen molar-refractivity contribution in [2.45, 2.75) is 41.7 Å². The summed E-state index contributed by atoms with van der Waals surface area (Å²) in [7, 11) is -2.61. The predicted molar refractivity (Wildman–Crippen MR) is 142 cm³/mol. The van der Waals surface area contributed by atoms with Crippen molar-refractivity contribution >= 4 is 33.4 Å². The van der Waals surface area contributed by atoms with Crippen molar-refractivity contribution in [3.63, 3.8) is 0 Å². The van der Waals surface area contributed by atoms with Gasteiger partial charge in [-0.3, -0.25) is 9.10 Å². The summed E-state index contributed by atoms with van der Waals surface area (Å²) in [6, 6.07) is 16.5. The Morgan fingerprint density at radius 3 is 2.54 bits per heavy atom. The third-order valence-electron chi connectivity index (χ3n) is 6.04. The van der Waals surface area contributed by atoms with E-state index < -0.39 is 39.9 Å². The molecular weight excluding hydrogens is 515 g/mol. The van der Waals surface area contributed by atoms with Crippen molar-refractivity contribution in [1.82, 2.24) is 5.32 Å². The van der Waals surface area contributed by atoms with E-state index in [1.165, 1.54) is 42.1 Å². The monoisotopic (exact) mass is 544 g/mol. The summed E-state index contributed by atoms with van der Waals surface area (Å²) in [5.41, 5.74) is 0.243. The third kappa shape index (κ3) is 6.02. The van der Waals surface area contributed by atoms with Crippen LogP contribution >= 0.6 is 11.8 Å². The molecule has 3 aromatic rings. The number of carbonyl (C=O) groups excluding carboxylic acids is 1. The molecule has 3 aromatic carbocycles. The minimum atomic E-state index is -4.17. The van der Waals surface area contributed by atoms with Crippen LogP contribution in [0.25, 0.3) is 0 Å². The number of halogens is 1. The Bertz CT molecular complexity index is 1390. The molecule has 1 heterocycles. The molecular formula is C27H29FN2O5S2. The zero-order valence-electron chi connectivity index (χ0n) is 21.0. The fourth-order valence-electron chi connectivity index (χ4n) is 4.28. The maximum Gasteiger partial charge on any atom is 0.264 e. The molecule has 0 saturated heterocycles. The predicted octanol–water partition coefficient (Wildman–Crippen LogP) is 5.17. The molecule has 0 fully saturated rings. The zero-order valence-corrected chi connectivity index (χ0v) is 22.7. The number of nitrogens with one attached hydrogen (secondary N) is 1. The summed E-state index contributed by atoms with van der Waals surface area (Å²) in [6.07, 6.45) is 2.36. The van der Waals surface area contributed by atoms with Gasteiger partial charge in [-0.15, -0.1) is 11.8 Å². The van der Waals surface area contributed by atoms with Crippen molar-refractivity contribution in [1.29, 1.82) is 0 Å². The van der Waals surface area contributed by atoms with Gasteiger partial charge in [0, 0.05) is 22.9 Å². The van der Waals surface area contributed by atoms with Crippen LogP contribution in [0.4, 0.5) is 10.1 Å². The summed E-state index contributed by atoms with van der Waals surface area (Å²) in [4.78, 5) is 14.2. The smallest absolute Gasteiger partial charge is 0.264 e. The molecule has 0 bridgehead atoms. The molecule has 37 heavy (non-hydrogen) atoms. The summed E-state index contributed by atoms with van der Waals surface area (Å²) in [5, 5.41) is 2.96. The lowest BCUT2D eigenvalue weighted by atomic mass is 9.89. The van der Waals surface area contributed by atoms with Crippen molar-refractivity contribution in [3.8, 4) is 11.5 Å². The van der Waals surface area contributed by atoms with E-state index in [4.69, 9.17) is 9.47 Å². The van der Waals surface area contributed by atoms with Gasteiger partial charge in [-0.05, 0) is 74.7 Å². The van der Waals surface area contributed by atoms with Crippen LogP contribution in [-0.2, 0) is 14.8 Å². The molecule has 1 N–H and O–H groups in total. The standard InChI is InChI=1S/C27H29FN2O5S2/c1-27(2)16-24(23-13-8-20(34-3)15-25(23)35-27)29-26(31)17-30(19-7-5-6-18(28)14-19)37(32,33)22-11-9-21(36-4)10-12-22/h5-15,24H,16-17H2,1-4H3,(H,29,31). The summed E-state index contributed by atoms with van der Waals surface area (Å²) in [6.45, 7) is 3.30. The van der Waals surface area contributed by atoms with E-state index in [0.29, 0.717) is 17.9 Å². The Kier molecular flexibility index (Phi) is 7.70. The number of hydrogen-bond acceptors (Lipinski definition) is 6. The Hall–Kier alpha value is -3.24. The SMILES string of the molecule is COc1ccc2c(c1)OC(C)(C)CC2NC(=O)CN(c1cccc(F)c1)S(=O)(=O)c1ccc(SC)cc1. The summed E-state index contributed by atoms with van der Waals surface area (Å²) < 4.78 is 53.7. The number of anilines is 1. The second-order valence-corrected chi connectivity index (χ2v) is 12.0. The first kappa shape index (κ1) is 26.8. The van der Waals surface area contributed by atoms with Gasteiger partial charge in [0.25, 0.3) is 10.0 Å². The van der Waals surface area contributed by atoms with Gasteiger partial charge in [0.15, 0.2) is 0 Å². The fraction of sp³-hybridized carbons (Fsp3) is 0.296. The van der Waals surface area contributed by atoms with Gasteiger partial charge < -0.3 is 14.8 Å². The number of benzene rings is 3. The Morgan fingerprint density at radius 1 is 1.16 bits per heavy atom. The molecule has 1 atom stereocenters. The van der Waals surface area contributed by atoms with Gasteiger partial charge >= 0.3 is 0 Å². The van der Waals surface area contributed by atoms with E-state index in [0.717, 1.165) is 20.8 Å². The molecule has 0 aliphatic carbocycles. The van der Waals surface area contributed by atoms with Crippen LogP contribution < -0.4 is 19.1 Å². The first-order valence-corrected chi connectivity index (χ1v) is 14.3. The second kappa shape index (κ2) is 10.6. The first-order chi connectivity index (χ1) is 17.5. The van der Waals surface area contributed by atoms with Gasteiger partial charge in [0.2, 0.25) is 5.91 Å². The number of sulfonamides is 1. The van der Waals surface area contributed by atoms with E-state index in [1.807, 2.05) is 26.2 Å². The third-order valence-corrected chi connectivity index (χ3v) is 8.58. The van der Waals surface area contributed by atoms with Crippen molar-refractivity contribution in [3.05, 3.63) is 78.1 Å². The van der Waals surface area contributed by atoms with Crippen LogP contribution in [0.15, 0.2) is 76.5 Å². The van der Waals surface area contributed by atoms with Crippen molar-refractivity contribution in [2.75, 3.05) is 24.2 Å². The fourth-order valence-corrected chi connectivity index (χ4v) is 6.10. The van der Waals surface area contributed by atoms with E-state index in [1.54, 1.807) is 31.4 Å². The van der Waals surface area contributed by atoms with Crippen LogP contribution in [-0.4, -0.2) is 39.8 Å². The number of amides is 1. The van der Waals surface area contributed by atoms with Gasteiger partial charge in [0.1, 0.15) is 29.5 Å². The number of fused-ring (bicyclic) bond motifs is 1. The molecule has 0 radical (unpaired) electrons. The van der Waals surface area contributed by atoms with E-state index in [-0.39, 0.29) is 10.6 Å². The number of methoxy groups -OCH3 is 1. The second-order valence-electron chi connectivity index (χ2n) is 9.26. The van der Waals surface area contributed by atoms with Crippen molar-refractivity contribution in [2.24, 2.45) is 0 Å². The molecule has 0 aromatic heterocycles. The maximum absolute atomic E-state index is 14.1.